The fourth-order valence-corrected chi connectivity index (χ4v) is 2.58. The minimum Gasteiger partial charge on any atom is -0.300 e. The first-order valence-corrected chi connectivity index (χ1v) is 6.81. The molecule has 0 aromatic carbocycles. The Bertz CT molecular complexity index is 334. The zero-order valence-corrected chi connectivity index (χ0v) is 11.6. The van der Waals surface area contributed by atoms with Crippen LogP contribution >= 0.6 is 15.9 Å². The van der Waals surface area contributed by atoms with Crippen molar-refractivity contribution in [1.82, 2.24) is 9.88 Å². The normalized spacial score (nSPS) is 22.6. The Hall–Kier alpha value is -0.410. The minimum atomic E-state index is 0.615. The molecule has 0 saturated carbocycles. The lowest BCUT2D eigenvalue weighted by Gasteiger charge is -2.35. The highest BCUT2D eigenvalue weighted by atomic mass is 79.9. The molecule has 0 N–H and O–H groups in total. The maximum Gasteiger partial charge on any atom is 0.0448 e. The van der Waals surface area contributed by atoms with E-state index < -0.39 is 0 Å². The van der Waals surface area contributed by atoms with Crippen LogP contribution in [0, 0.1) is 0 Å². The van der Waals surface area contributed by atoms with Gasteiger partial charge in [0.15, 0.2) is 0 Å². The lowest BCUT2D eigenvalue weighted by Crippen LogP contribution is -2.39. The van der Waals surface area contributed by atoms with Gasteiger partial charge in [-0.25, -0.2) is 0 Å². The van der Waals surface area contributed by atoms with E-state index >= 15 is 0 Å². The van der Waals surface area contributed by atoms with Gasteiger partial charge < -0.3 is 4.90 Å². The molecule has 0 radical (unpaired) electrons. The van der Waals surface area contributed by atoms with Crippen LogP contribution in [0.4, 0.5) is 0 Å². The molecule has 1 unspecified atom stereocenters. The van der Waals surface area contributed by atoms with E-state index in [2.05, 4.69) is 51.8 Å². The van der Waals surface area contributed by atoms with Crippen molar-refractivity contribution < 1.29 is 0 Å². The van der Waals surface area contributed by atoms with Crippen LogP contribution in [0.1, 0.15) is 38.3 Å². The minimum absolute atomic E-state index is 0.615. The van der Waals surface area contributed by atoms with E-state index in [0.717, 1.165) is 11.0 Å². The van der Waals surface area contributed by atoms with Gasteiger partial charge in [-0.05, 0) is 61.3 Å². The Balaban J connectivity index is 2.06. The third kappa shape index (κ3) is 2.83. The van der Waals surface area contributed by atoms with Crippen LogP contribution in [-0.2, 0) is 0 Å². The number of hydrogen-bond acceptors (Lipinski definition) is 2. The largest absolute Gasteiger partial charge is 0.300 e. The van der Waals surface area contributed by atoms with E-state index in [-0.39, 0.29) is 0 Å². The average Bonchev–Trinajstić information content (AvgIpc) is 2.30. The van der Waals surface area contributed by atoms with E-state index in [4.69, 9.17) is 0 Å². The monoisotopic (exact) mass is 282 g/mol. The number of likely N-dealkylation sites (tertiary alicyclic amines) is 1. The molecule has 0 aliphatic carbocycles. The molecule has 1 aliphatic heterocycles. The fourth-order valence-electron chi connectivity index (χ4n) is 2.35. The first kappa shape index (κ1) is 12.1. The summed E-state index contributed by atoms with van der Waals surface area (Å²) in [7, 11) is 0. The topological polar surface area (TPSA) is 16.1 Å². The molecule has 3 heteroatoms. The van der Waals surface area contributed by atoms with Crippen LogP contribution in [0.5, 0.6) is 0 Å². The van der Waals surface area contributed by atoms with Crippen molar-refractivity contribution in [3.05, 3.63) is 28.5 Å². The molecule has 2 nitrogen and oxygen atoms in total. The predicted octanol–water partition coefficient (Wildman–Crippen LogP) is 3.43. The summed E-state index contributed by atoms with van der Waals surface area (Å²) in [5.41, 5.74) is 1.24. The predicted molar refractivity (Wildman–Crippen MR) is 70.6 cm³/mol. The summed E-state index contributed by atoms with van der Waals surface area (Å²) in [5, 5.41) is 0. The second-order valence-corrected chi connectivity index (χ2v) is 5.74. The lowest BCUT2D eigenvalue weighted by atomic mass is 9.93. The maximum atomic E-state index is 4.52. The van der Waals surface area contributed by atoms with E-state index in [1.165, 1.54) is 25.1 Å². The number of hydrogen-bond donors (Lipinski definition) is 0. The quantitative estimate of drug-likeness (QED) is 0.826. The van der Waals surface area contributed by atoms with Crippen molar-refractivity contribution >= 4 is 15.9 Å². The zero-order valence-electron chi connectivity index (χ0n) is 9.99. The van der Waals surface area contributed by atoms with Gasteiger partial charge in [0.05, 0.1) is 0 Å². The molecule has 0 spiro atoms. The molecule has 1 aromatic rings. The molecule has 1 aromatic heterocycles. The molecule has 1 aliphatic rings. The number of rotatable bonds is 2. The first-order chi connectivity index (χ1) is 7.66. The number of aromatic nitrogens is 1. The summed E-state index contributed by atoms with van der Waals surface area (Å²) in [6.45, 7) is 6.95. The van der Waals surface area contributed by atoms with Gasteiger partial charge in [-0.15, -0.1) is 0 Å². The second-order valence-electron chi connectivity index (χ2n) is 4.83. The molecule has 2 rings (SSSR count). The summed E-state index contributed by atoms with van der Waals surface area (Å²) in [5.74, 6) is 0.615. The smallest absolute Gasteiger partial charge is 0.0448 e. The van der Waals surface area contributed by atoms with Crippen LogP contribution in [0.2, 0.25) is 0 Å². The standard InChI is InChI=1S/C13H19BrN2/c1-10(2)16-7-3-4-11(9-16)13-6-5-12(14)8-15-13/h5-6,8,10-11H,3-4,7,9H2,1-2H3. The molecule has 1 saturated heterocycles. The van der Waals surface area contributed by atoms with E-state index in [9.17, 15) is 0 Å². The van der Waals surface area contributed by atoms with Gasteiger partial charge in [-0.2, -0.15) is 0 Å². The fraction of sp³-hybridized carbons (Fsp3) is 0.615. The highest BCUT2D eigenvalue weighted by Gasteiger charge is 2.23. The van der Waals surface area contributed by atoms with Crippen molar-refractivity contribution in [2.45, 2.75) is 38.6 Å². The Morgan fingerprint density at radius 2 is 2.25 bits per heavy atom. The van der Waals surface area contributed by atoms with Crippen LogP contribution in [-0.4, -0.2) is 29.0 Å². The number of pyridine rings is 1. The van der Waals surface area contributed by atoms with Gasteiger partial charge in [-0.3, -0.25) is 4.98 Å². The van der Waals surface area contributed by atoms with Crippen LogP contribution in [0.25, 0.3) is 0 Å². The third-order valence-electron chi connectivity index (χ3n) is 3.35. The number of nitrogens with zero attached hydrogens (tertiary/aromatic N) is 2. The molecule has 2 heterocycles. The van der Waals surface area contributed by atoms with Crippen molar-refractivity contribution in [2.24, 2.45) is 0 Å². The number of halogens is 1. The maximum absolute atomic E-state index is 4.52. The molecule has 88 valence electrons. The molecule has 1 atom stereocenters. The first-order valence-electron chi connectivity index (χ1n) is 6.02. The van der Waals surface area contributed by atoms with Crippen molar-refractivity contribution in [3.63, 3.8) is 0 Å². The Labute approximate surface area is 106 Å². The number of piperidine rings is 1. The Kier molecular flexibility index (Phi) is 3.98. The summed E-state index contributed by atoms with van der Waals surface area (Å²) >= 11 is 3.43. The molecule has 0 amide bonds. The summed E-state index contributed by atoms with van der Waals surface area (Å²) in [4.78, 5) is 7.08. The van der Waals surface area contributed by atoms with Gasteiger partial charge in [0.1, 0.15) is 0 Å². The Morgan fingerprint density at radius 1 is 1.44 bits per heavy atom. The summed E-state index contributed by atoms with van der Waals surface area (Å²) in [6.07, 6.45) is 4.47. The lowest BCUT2D eigenvalue weighted by molar-refractivity contribution is 0.166. The summed E-state index contributed by atoms with van der Waals surface area (Å²) in [6, 6.07) is 4.90. The molecule has 1 fully saturated rings. The summed E-state index contributed by atoms with van der Waals surface area (Å²) < 4.78 is 1.06. The van der Waals surface area contributed by atoms with Crippen LogP contribution in [0.3, 0.4) is 0 Å². The van der Waals surface area contributed by atoms with E-state index in [1.54, 1.807) is 0 Å². The van der Waals surface area contributed by atoms with Gasteiger partial charge in [-0.1, -0.05) is 0 Å². The highest BCUT2D eigenvalue weighted by molar-refractivity contribution is 9.10. The molecular formula is C13H19BrN2. The van der Waals surface area contributed by atoms with E-state index in [1.807, 2.05) is 6.20 Å². The zero-order chi connectivity index (χ0) is 11.5. The Morgan fingerprint density at radius 3 is 2.88 bits per heavy atom. The van der Waals surface area contributed by atoms with Crippen molar-refractivity contribution in [3.8, 4) is 0 Å². The van der Waals surface area contributed by atoms with Gasteiger partial charge in [0, 0.05) is 34.9 Å². The highest BCUT2D eigenvalue weighted by Crippen LogP contribution is 2.27. The third-order valence-corrected chi connectivity index (χ3v) is 3.82. The van der Waals surface area contributed by atoms with Gasteiger partial charge >= 0.3 is 0 Å². The average molecular weight is 283 g/mol. The van der Waals surface area contributed by atoms with Crippen LogP contribution in [0.15, 0.2) is 22.8 Å². The van der Waals surface area contributed by atoms with Crippen LogP contribution < -0.4 is 0 Å². The van der Waals surface area contributed by atoms with Gasteiger partial charge in [0.2, 0.25) is 0 Å². The SMILES string of the molecule is CC(C)N1CCCC(c2ccc(Br)cn2)C1. The second kappa shape index (κ2) is 5.28. The van der Waals surface area contributed by atoms with Crippen molar-refractivity contribution in [2.75, 3.05) is 13.1 Å². The molecular weight excluding hydrogens is 264 g/mol. The van der Waals surface area contributed by atoms with E-state index in [0.29, 0.717) is 12.0 Å². The molecule has 0 bridgehead atoms. The van der Waals surface area contributed by atoms with Crippen molar-refractivity contribution in [1.29, 1.82) is 0 Å². The van der Waals surface area contributed by atoms with Gasteiger partial charge in [0.25, 0.3) is 0 Å². The molecule has 16 heavy (non-hydrogen) atoms.